The van der Waals surface area contributed by atoms with E-state index < -0.39 is 0 Å². The summed E-state index contributed by atoms with van der Waals surface area (Å²) in [6.45, 7) is 4.25. The number of pyridine rings is 1. The first-order valence-corrected chi connectivity index (χ1v) is 8.89. The number of morpholine rings is 1. The first-order valence-electron chi connectivity index (χ1n) is 8.01. The highest BCUT2D eigenvalue weighted by Gasteiger charge is 2.23. The zero-order chi connectivity index (χ0) is 17.2. The Morgan fingerprint density at radius 1 is 1.24 bits per heavy atom. The van der Waals surface area contributed by atoms with Gasteiger partial charge in [0.15, 0.2) is 5.69 Å². The molecule has 3 aromatic heterocycles. The molecular weight excluding hydrogens is 338 g/mol. The minimum Gasteiger partial charge on any atom is -0.378 e. The van der Waals surface area contributed by atoms with E-state index in [1.54, 1.807) is 27.5 Å². The number of amides is 1. The number of carbonyl (C=O) groups is 1. The number of aryl methyl sites for hydroxylation is 1. The number of carbonyl (C=O) groups excluding carboxylic acids is 1. The predicted molar refractivity (Wildman–Crippen MR) is 93.9 cm³/mol. The third kappa shape index (κ3) is 3.18. The summed E-state index contributed by atoms with van der Waals surface area (Å²) < 4.78 is 7.08. The molecule has 0 aliphatic carbocycles. The molecule has 0 spiro atoms. The Morgan fingerprint density at radius 3 is 2.76 bits per heavy atom. The second-order valence-electron chi connectivity index (χ2n) is 5.75. The van der Waals surface area contributed by atoms with Gasteiger partial charge in [-0.25, -0.2) is 4.68 Å². The Balaban J connectivity index is 1.75. The molecule has 4 heterocycles. The fourth-order valence-electron chi connectivity index (χ4n) is 2.71. The molecule has 0 N–H and O–H groups in total. The third-order valence-corrected chi connectivity index (χ3v) is 4.85. The van der Waals surface area contributed by atoms with Crippen molar-refractivity contribution < 1.29 is 9.53 Å². The Hall–Kier alpha value is -2.58. The number of thiazole rings is 1. The van der Waals surface area contributed by atoms with Gasteiger partial charge in [-0.15, -0.1) is 11.3 Å². The van der Waals surface area contributed by atoms with E-state index in [4.69, 9.17) is 4.74 Å². The minimum absolute atomic E-state index is 0.0760. The van der Waals surface area contributed by atoms with Crippen molar-refractivity contribution in [3.63, 3.8) is 0 Å². The average Bonchev–Trinajstić information content (AvgIpc) is 3.32. The van der Waals surface area contributed by atoms with E-state index >= 15 is 0 Å². The molecule has 1 aliphatic heterocycles. The molecule has 8 heteroatoms. The van der Waals surface area contributed by atoms with Crippen LogP contribution in [0.4, 0.5) is 0 Å². The number of rotatable bonds is 3. The van der Waals surface area contributed by atoms with E-state index in [2.05, 4.69) is 15.1 Å². The Kier molecular flexibility index (Phi) is 4.29. The molecule has 3 aromatic rings. The van der Waals surface area contributed by atoms with Gasteiger partial charge in [0.1, 0.15) is 0 Å². The monoisotopic (exact) mass is 355 g/mol. The van der Waals surface area contributed by atoms with Crippen molar-refractivity contribution in [2.24, 2.45) is 0 Å². The molecule has 0 bridgehead atoms. The predicted octanol–water partition coefficient (Wildman–Crippen LogP) is 2.17. The van der Waals surface area contributed by atoms with Crippen molar-refractivity contribution in [2.75, 3.05) is 26.3 Å². The number of ether oxygens (including phenoxy) is 1. The molecule has 0 atom stereocenters. The highest BCUT2D eigenvalue weighted by atomic mass is 32.1. The van der Waals surface area contributed by atoms with Gasteiger partial charge in [-0.05, 0) is 25.1 Å². The highest BCUT2D eigenvalue weighted by Crippen LogP contribution is 2.27. The Morgan fingerprint density at radius 2 is 2.08 bits per heavy atom. The fraction of sp³-hybridized carbons (Fsp3) is 0.294. The zero-order valence-electron chi connectivity index (χ0n) is 13.8. The summed E-state index contributed by atoms with van der Waals surface area (Å²) >= 11 is 1.51. The van der Waals surface area contributed by atoms with E-state index in [0.29, 0.717) is 32.0 Å². The molecule has 128 valence electrons. The van der Waals surface area contributed by atoms with Crippen LogP contribution >= 0.6 is 11.3 Å². The van der Waals surface area contributed by atoms with E-state index in [-0.39, 0.29) is 5.91 Å². The highest BCUT2D eigenvalue weighted by molar-refractivity contribution is 7.13. The topological polar surface area (TPSA) is 73.1 Å². The van der Waals surface area contributed by atoms with Gasteiger partial charge in [0.05, 0.1) is 41.2 Å². The number of aromatic nitrogens is 4. The summed E-state index contributed by atoms with van der Waals surface area (Å²) in [5, 5.41) is 4.56. The maximum atomic E-state index is 12.8. The SMILES string of the molecule is Cc1ccc(-n2nc(C(=O)N3CCOCC3)cc2-c2cncs2)cn1. The van der Waals surface area contributed by atoms with Crippen LogP contribution < -0.4 is 0 Å². The molecule has 1 amide bonds. The quantitative estimate of drug-likeness (QED) is 0.720. The van der Waals surface area contributed by atoms with Gasteiger partial charge in [-0.1, -0.05) is 0 Å². The molecule has 0 saturated carbocycles. The first kappa shape index (κ1) is 15.9. The van der Waals surface area contributed by atoms with Crippen LogP contribution in [0.3, 0.4) is 0 Å². The first-order chi connectivity index (χ1) is 12.2. The molecule has 1 saturated heterocycles. The van der Waals surface area contributed by atoms with E-state index in [0.717, 1.165) is 22.0 Å². The van der Waals surface area contributed by atoms with Gasteiger partial charge in [0.2, 0.25) is 0 Å². The van der Waals surface area contributed by atoms with Gasteiger partial charge in [0.25, 0.3) is 5.91 Å². The van der Waals surface area contributed by atoms with E-state index in [1.165, 1.54) is 11.3 Å². The average molecular weight is 355 g/mol. The molecule has 7 nitrogen and oxygen atoms in total. The number of hydrogen-bond donors (Lipinski definition) is 0. The lowest BCUT2D eigenvalue weighted by atomic mass is 10.2. The Labute approximate surface area is 148 Å². The third-order valence-electron chi connectivity index (χ3n) is 4.05. The zero-order valence-corrected chi connectivity index (χ0v) is 14.6. The summed E-state index contributed by atoms with van der Waals surface area (Å²) in [6, 6.07) is 5.70. The van der Waals surface area contributed by atoms with Crippen LogP contribution in [0.1, 0.15) is 16.2 Å². The van der Waals surface area contributed by atoms with Crippen LogP contribution in [0.25, 0.3) is 16.3 Å². The van der Waals surface area contributed by atoms with Gasteiger partial charge in [-0.2, -0.15) is 5.10 Å². The second kappa shape index (κ2) is 6.73. The lowest BCUT2D eigenvalue weighted by Crippen LogP contribution is -2.40. The van der Waals surface area contributed by atoms with Crippen LogP contribution in [0.15, 0.2) is 36.1 Å². The second-order valence-corrected chi connectivity index (χ2v) is 6.64. The molecule has 1 fully saturated rings. The summed E-state index contributed by atoms with van der Waals surface area (Å²) in [4.78, 5) is 24.0. The summed E-state index contributed by atoms with van der Waals surface area (Å²) in [7, 11) is 0. The van der Waals surface area contributed by atoms with Crippen LogP contribution in [0.2, 0.25) is 0 Å². The molecule has 0 unspecified atom stereocenters. The molecular formula is C17H17N5O2S. The molecule has 1 aliphatic rings. The van der Waals surface area contributed by atoms with Gasteiger partial charge >= 0.3 is 0 Å². The smallest absolute Gasteiger partial charge is 0.274 e. The van der Waals surface area contributed by atoms with Crippen molar-refractivity contribution >= 4 is 17.2 Å². The van der Waals surface area contributed by atoms with Crippen LogP contribution in [0.5, 0.6) is 0 Å². The maximum absolute atomic E-state index is 12.8. The van der Waals surface area contributed by atoms with E-state index in [9.17, 15) is 4.79 Å². The van der Waals surface area contributed by atoms with Crippen LogP contribution in [0, 0.1) is 6.92 Å². The molecule has 25 heavy (non-hydrogen) atoms. The van der Waals surface area contributed by atoms with Crippen LogP contribution in [-0.4, -0.2) is 56.9 Å². The van der Waals surface area contributed by atoms with Crippen molar-refractivity contribution in [1.82, 2.24) is 24.6 Å². The van der Waals surface area contributed by atoms with Crippen LogP contribution in [-0.2, 0) is 4.74 Å². The normalized spacial score (nSPS) is 14.7. The lowest BCUT2D eigenvalue weighted by Gasteiger charge is -2.25. The molecule has 0 aromatic carbocycles. The van der Waals surface area contributed by atoms with Crippen molar-refractivity contribution in [3.8, 4) is 16.3 Å². The van der Waals surface area contributed by atoms with Crippen molar-refractivity contribution in [3.05, 3.63) is 47.5 Å². The van der Waals surface area contributed by atoms with E-state index in [1.807, 2.05) is 25.1 Å². The lowest BCUT2D eigenvalue weighted by molar-refractivity contribution is 0.0298. The summed E-state index contributed by atoms with van der Waals surface area (Å²) in [5.41, 5.74) is 4.77. The summed E-state index contributed by atoms with van der Waals surface area (Å²) in [5.74, 6) is -0.0760. The van der Waals surface area contributed by atoms with Crippen molar-refractivity contribution in [2.45, 2.75) is 6.92 Å². The van der Waals surface area contributed by atoms with Crippen molar-refractivity contribution in [1.29, 1.82) is 0 Å². The number of hydrogen-bond acceptors (Lipinski definition) is 6. The summed E-state index contributed by atoms with van der Waals surface area (Å²) in [6.07, 6.45) is 3.54. The standard InChI is InChI=1S/C17H17N5O2S/c1-12-2-3-13(9-19-12)22-15(16-10-18-11-25-16)8-14(20-22)17(23)21-4-6-24-7-5-21/h2-3,8-11H,4-7H2,1H3. The maximum Gasteiger partial charge on any atom is 0.274 e. The van der Waals surface area contributed by atoms with Gasteiger partial charge in [0, 0.05) is 25.0 Å². The molecule has 0 radical (unpaired) electrons. The molecule has 4 rings (SSSR count). The van der Waals surface area contributed by atoms with Gasteiger partial charge in [-0.3, -0.25) is 14.8 Å². The number of nitrogens with zero attached hydrogens (tertiary/aromatic N) is 5. The largest absolute Gasteiger partial charge is 0.378 e. The fourth-order valence-corrected chi connectivity index (χ4v) is 3.34. The van der Waals surface area contributed by atoms with Gasteiger partial charge < -0.3 is 9.64 Å². The Bertz CT molecular complexity index is 867. The minimum atomic E-state index is -0.0760.